The van der Waals surface area contributed by atoms with Gasteiger partial charge in [0.1, 0.15) is 6.04 Å². The number of likely N-dealkylation sites (tertiary alicyclic amines) is 1. The largest absolute Gasteiger partial charge is 0.355 e. The van der Waals surface area contributed by atoms with Crippen molar-refractivity contribution in [3.63, 3.8) is 0 Å². The van der Waals surface area contributed by atoms with Gasteiger partial charge in [-0.25, -0.2) is 8.42 Å². The second-order valence-corrected chi connectivity index (χ2v) is 9.50. The van der Waals surface area contributed by atoms with Gasteiger partial charge in [-0.1, -0.05) is 24.6 Å². The fourth-order valence-corrected chi connectivity index (χ4v) is 5.80. The summed E-state index contributed by atoms with van der Waals surface area (Å²) in [7, 11) is -3.62. The number of carbonyl (C=O) groups is 1. The third kappa shape index (κ3) is 4.89. The summed E-state index contributed by atoms with van der Waals surface area (Å²) in [5.41, 5.74) is 0. The van der Waals surface area contributed by atoms with Crippen LogP contribution in [0.3, 0.4) is 0 Å². The van der Waals surface area contributed by atoms with E-state index in [-0.39, 0.29) is 10.8 Å². The third-order valence-electron chi connectivity index (χ3n) is 5.72. The molecule has 0 aliphatic carbocycles. The van der Waals surface area contributed by atoms with Gasteiger partial charge in [-0.3, -0.25) is 4.79 Å². The summed E-state index contributed by atoms with van der Waals surface area (Å²) in [4.78, 5) is 15.4. The van der Waals surface area contributed by atoms with Crippen LogP contribution in [0.5, 0.6) is 0 Å². The highest BCUT2D eigenvalue weighted by Crippen LogP contribution is 2.26. The summed E-state index contributed by atoms with van der Waals surface area (Å²) in [6.45, 7) is 5.39. The van der Waals surface area contributed by atoms with E-state index in [1.807, 2.05) is 0 Å². The average molecular weight is 394 g/mol. The minimum Gasteiger partial charge on any atom is -0.355 e. The second kappa shape index (κ2) is 9.17. The van der Waals surface area contributed by atoms with Crippen LogP contribution in [-0.4, -0.2) is 61.8 Å². The highest BCUT2D eigenvalue weighted by molar-refractivity contribution is 7.89. The Morgan fingerprint density at radius 3 is 2.63 bits per heavy atom. The van der Waals surface area contributed by atoms with Gasteiger partial charge in [0, 0.05) is 25.7 Å². The number of carbonyl (C=O) groups excluding carboxylic acids is 1. The van der Waals surface area contributed by atoms with Crippen molar-refractivity contribution in [3.8, 4) is 0 Å². The van der Waals surface area contributed by atoms with Crippen molar-refractivity contribution >= 4 is 15.9 Å². The molecule has 0 aromatic heterocycles. The molecular weight excluding hydrogens is 362 g/mol. The molecule has 27 heavy (non-hydrogen) atoms. The van der Waals surface area contributed by atoms with Crippen molar-refractivity contribution in [1.82, 2.24) is 14.5 Å². The molecule has 2 heterocycles. The van der Waals surface area contributed by atoms with Crippen molar-refractivity contribution in [2.45, 2.75) is 62.4 Å². The molecule has 2 fully saturated rings. The second-order valence-electron chi connectivity index (χ2n) is 7.61. The van der Waals surface area contributed by atoms with Crippen LogP contribution in [0.4, 0.5) is 0 Å². The van der Waals surface area contributed by atoms with Gasteiger partial charge in [-0.2, -0.15) is 4.31 Å². The molecule has 1 aromatic carbocycles. The molecule has 1 N–H and O–H groups in total. The average Bonchev–Trinajstić information content (AvgIpc) is 3.18. The predicted octanol–water partition coefficient (Wildman–Crippen LogP) is 2.22. The molecule has 1 amide bonds. The lowest BCUT2D eigenvalue weighted by molar-refractivity contribution is -0.124. The highest BCUT2D eigenvalue weighted by atomic mass is 32.2. The molecule has 150 valence electrons. The maximum atomic E-state index is 12.9. The Hall–Kier alpha value is -1.44. The zero-order chi connectivity index (χ0) is 19.3. The Labute approximate surface area is 163 Å². The molecule has 0 unspecified atom stereocenters. The fraction of sp³-hybridized carbons (Fsp3) is 0.650. The standard InChI is InChI=1S/C20H31N3O3S/c1-17-9-5-6-14-22(17)15-8-13-21-20(24)19-12-7-16-23(19)27(25,26)18-10-3-2-4-11-18/h2-4,10-11,17,19H,5-9,12-16H2,1H3,(H,21,24)/t17-,19+/m0/s1. The van der Waals surface area contributed by atoms with Crippen LogP contribution >= 0.6 is 0 Å². The first-order valence-electron chi connectivity index (χ1n) is 10.1. The van der Waals surface area contributed by atoms with Gasteiger partial charge in [0.15, 0.2) is 0 Å². The van der Waals surface area contributed by atoms with Crippen LogP contribution in [0, 0.1) is 0 Å². The number of benzene rings is 1. The lowest BCUT2D eigenvalue weighted by Crippen LogP contribution is -2.46. The molecule has 0 radical (unpaired) electrons. The number of piperidine rings is 1. The lowest BCUT2D eigenvalue weighted by Gasteiger charge is -2.33. The summed E-state index contributed by atoms with van der Waals surface area (Å²) in [6, 6.07) is 8.40. The Morgan fingerprint density at radius 2 is 1.89 bits per heavy atom. The summed E-state index contributed by atoms with van der Waals surface area (Å²) < 4.78 is 27.1. The third-order valence-corrected chi connectivity index (χ3v) is 7.64. The zero-order valence-corrected chi connectivity index (χ0v) is 17.0. The SMILES string of the molecule is C[C@H]1CCCCN1CCCNC(=O)[C@H]1CCCN1S(=O)(=O)c1ccccc1. The topological polar surface area (TPSA) is 69.7 Å². The number of hydrogen-bond acceptors (Lipinski definition) is 4. The molecule has 2 saturated heterocycles. The monoisotopic (exact) mass is 393 g/mol. The molecule has 2 atom stereocenters. The van der Waals surface area contributed by atoms with Gasteiger partial charge >= 0.3 is 0 Å². The molecule has 0 bridgehead atoms. The molecule has 1 aromatic rings. The van der Waals surface area contributed by atoms with E-state index in [4.69, 9.17) is 0 Å². The van der Waals surface area contributed by atoms with Gasteiger partial charge < -0.3 is 10.2 Å². The number of rotatable bonds is 7. The summed E-state index contributed by atoms with van der Waals surface area (Å²) in [6.07, 6.45) is 6.01. The number of amides is 1. The van der Waals surface area contributed by atoms with Crippen molar-refractivity contribution in [2.75, 3.05) is 26.2 Å². The predicted molar refractivity (Wildman–Crippen MR) is 106 cm³/mol. The van der Waals surface area contributed by atoms with Crippen LogP contribution < -0.4 is 5.32 Å². The van der Waals surface area contributed by atoms with E-state index in [0.717, 1.165) is 25.9 Å². The van der Waals surface area contributed by atoms with E-state index >= 15 is 0 Å². The van der Waals surface area contributed by atoms with Crippen LogP contribution in [0.1, 0.15) is 45.4 Å². The van der Waals surface area contributed by atoms with Gasteiger partial charge in [0.2, 0.25) is 15.9 Å². The van der Waals surface area contributed by atoms with Crippen LogP contribution in [0.25, 0.3) is 0 Å². The molecular formula is C20H31N3O3S. The Balaban J connectivity index is 1.51. The minimum atomic E-state index is -3.62. The van der Waals surface area contributed by atoms with E-state index in [1.54, 1.807) is 30.3 Å². The number of hydrogen-bond donors (Lipinski definition) is 1. The van der Waals surface area contributed by atoms with E-state index < -0.39 is 16.1 Å². The van der Waals surface area contributed by atoms with Crippen LogP contribution in [-0.2, 0) is 14.8 Å². The Bertz CT molecular complexity index is 723. The lowest BCUT2D eigenvalue weighted by atomic mass is 10.0. The summed E-state index contributed by atoms with van der Waals surface area (Å²) in [5.74, 6) is -0.168. The highest BCUT2D eigenvalue weighted by Gasteiger charge is 2.39. The van der Waals surface area contributed by atoms with Crippen molar-refractivity contribution in [3.05, 3.63) is 30.3 Å². The van der Waals surface area contributed by atoms with Gasteiger partial charge in [0.05, 0.1) is 4.90 Å². The smallest absolute Gasteiger partial charge is 0.243 e. The zero-order valence-electron chi connectivity index (χ0n) is 16.1. The van der Waals surface area contributed by atoms with Crippen molar-refractivity contribution < 1.29 is 13.2 Å². The van der Waals surface area contributed by atoms with Gasteiger partial charge in [-0.15, -0.1) is 0 Å². The molecule has 0 spiro atoms. The van der Waals surface area contributed by atoms with Crippen LogP contribution in [0.15, 0.2) is 35.2 Å². The molecule has 0 saturated carbocycles. The van der Waals surface area contributed by atoms with Crippen molar-refractivity contribution in [1.29, 1.82) is 0 Å². The normalized spacial score (nSPS) is 24.8. The molecule has 6 nitrogen and oxygen atoms in total. The van der Waals surface area contributed by atoms with E-state index in [2.05, 4.69) is 17.1 Å². The minimum absolute atomic E-state index is 0.168. The Kier molecular flexibility index (Phi) is 6.89. The van der Waals surface area contributed by atoms with E-state index in [0.29, 0.717) is 25.6 Å². The van der Waals surface area contributed by atoms with E-state index in [1.165, 1.54) is 23.6 Å². The van der Waals surface area contributed by atoms with Gasteiger partial charge in [-0.05, 0) is 57.7 Å². The van der Waals surface area contributed by atoms with Crippen molar-refractivity contribution in [2.24, 2.45) is 0 Å². The number of nitrogens with zero attached hydrogens (tertiary/aromatic N) is 2. The molecule has 7 heteroatoms. The summed E-state index contributed by atoms with van der Waals surface area (Å²) in [5, 5.41) is 2.96. The first-order chi connectivity index (χ1) is 13.0. The van der Waals surface area contributed by atoms with Gasteiger partial charge in [0.25, 0.3) is 0 Å². The Morgan fingerprint density at radius 1 is 1.11 bits per heavy atom. The maximum absolute atomic E-state index is 12.9. The molecule has 3 rings (SSSR count). The first kappa shape index (κ1) is 20.3. The molecule has 2 aliphatic rings. The number of nitrogens with one attached hydrogen (secondary N) is 1. The first-order valence-corrected chi connectivity index (χ1v) is 11.5. The number of sulfonamides is 1. The summed E-state index contributed by atoms with van der Waals surface area (Å²) >= 11 is 0. The fourth-order valence-electron chi connectivity index (χ4n) is 4.12. The van der Waals surface area contributed by atoms with Crippen LogP contribution in [0.2, 0.25) is 0 Å². The maximum Gasteiger partial charge on any atom is 0.243 e. The van der Waals surface area contributed by atoms with E-state index in [9.17, 15) is 13.2 Å². The quantitative estimate of drug-likeness (QED) is 0.721. The molecule has 2 aliphatic heterocycles.